The molecule has 0 fully saturated rings. The first-order valence-electron chi connectivity index (χ1n) is 10.8. The van der Waals surface area contributed by atoms with E-state index in [2.05, 4.69) is 23.9 Å². The molecule has 7 heteroatoms. The van der Waals surface area contributed by atoms with Crippen LogP contribution < -0.4 is 10.0 Å². The minimum absolute atomic E-state index is 0.0474. The number of amides is 1. The first-order chi connectivity index (χ1) is 15.6. The minimum Gasteiger partial charge on any atom is -0.345 e. The number of hydrogen-bond donors (Lipinski definition) is 2. The molecule has 0 heterocycles. The van der Waals surface area contributed by atoms with E-state index in [1.54, 1.807) is 12.1 Å². The SMILES string of the molecule is Cc1cccc(NS(=O)(=O)c2cc(C(=O)NC(CC(C)C)c3ccccc3)ccc2Cl)c1C. The Morgan fingerprint density at radius 3 is 2.33 bits per heavy atom. The molecule has 174 valence electrons. The lowest BCUT2D eigenvalue weighted by Crippen LogP contribution is -2.29. The van der Waals surface area contributed by atoms with Crippen LogP contribution in [-0.4, -0.2) is 14.3 Å². The van der Waals surface area contributed by atoms with Gasteiger partial charge in [0.2, 0.25) is 0 Å². The van der Waals surface area contributed by atoms with Gasteiger partial charge in [0.1, 0.15) is 4.90 Å². The molecular weight excluding hydrogens is 456 g/mol. The van der Waals surface area contributed by atoms with Gasteiger partial charge in [0.05, 0.1) is 16.8 Å². The van der Waals surface area contributed by atoms with Crippen molar-refractivity contribution in [3.63, 3.8) is 0 Å². The van der Waals surface area contributed by atoms with Crippen LogP contribution in [0.4, 0.5) is 5.69 Å². The Bertz CT molecular complexity index is 1240. The first-order valence-corrected chi connectivity index (χ1v) is 12.7. The number of nitrogens with one attached hydrogen (secondary N) is 2. The molecule has 5 nitrogen and oxygen atoms in total. The Balaban J connectivity index is 1.89. The van der Waals surface area contributed by atoms with Gasteiger partial charge in [0.15, 0.2) is 0 Å². The van der Waals surface area contributed by atoms with Crippen LogP contribution in [0.3, 0.4) is 0 Å². The molecule has 1 amide bonds. The van der Waals surface area contributed by atoms with E-state index in [0.717, 1.165) is 23.1 Å². The van der Waals surface area contributed by atoms with E-state index < -0.39 is 10.0 Å². The second-order valence-corrected chi connectivity index (χ2v) is 10.6. The number of benzene rings is 3. The molecule has 0 aromatic heterocycles. The van der Waals surface area contributed by atoms with E-state index in [1.807, 2.05) is 50.2 Å². The Morgan fingerprint density at radius 1 is 0.970 bits per heavy atom. The molecule has 0 saturated heterocycles. The number of sulfonamides is 1. The number of carbonyl (C=O) groups is 1. The molecule has 0 saturated carbocycles. The lowest BCUT2D eigenvalue weighted by Gasteiger charge is -2.21. The van der Waals surface area contributed by atoms with Gasteiger partial charge in [-0.3, -0.25) is 9.52 Å². The van der Waals surface area contributed by atoms with Crippen molar-refractivity contribution >= 4 is 33.2 Å². The predicted octanol–water partition coefficient (Wildman–Crippen LogP) is 6.27. The van der Waals surface area contributed by atoms with Crippen molar-refractivity contribution in [1.29, 1.82) is 0 Å². The number of hydrogen-bond acceptors (Lipinski definition) is 3. The highest BCUT2D eigenvalue weighted by molar-refractivity contribution is 7.92. The molecule has 1 atom stereocenters. The lowest BCUT2D eigenvalue weighted by atomic mass is 9.96. The van der Waals surface area contributed by atoms with E-state index in [9.17, 15) is 13.2 Å². The van der Waals surface area contributed by atoms with Gasteiger partial charge in [-0.1, -0.05) is 67.9 Å². The van der Waals surface area contributed by atoms with Crippen molar-refractivity contribution in [3.05, 3.63) is 94.0 Å². The van der Waals surface area contributed by atoms with Gasteiger partial charge < -0.3 is 5.32 Å². The molecular formula is C26H29ClN2O3S. The summed E-state index contributed by atoms with van der Waals surface area (Å²) < 4.78 is 28.8. The summed E-state index contributed by atoms with van der Waals surface area (Å²) in [6, 6.07) is 19.2. The molecule has 33 heavy (non-hydrogen) atoms. The molecule has 3 aromatic rings. The smallest absolute Gasteiger partial charge is 0.263 e. The maximum atomic E-state index is 13.1. The largest absolute Gasteiger partial charge is 0.345 e. The fraction of sp³-hybridized carbons (Fsp3) is 0.269. The average molecular weight is 485 g/mol. The summed E-state index contributed by atoms with van der Waals surface area (Å²) in [6.45, 7) is 7.94. The van der Waals surface area contributed by atoms with Crippen molar-refractivity contribution in [1.82, 2.24) is 5.32 Å². The summed E-state index contributed by atoms with van der Waals surface area (Å²) >= 11 is 6.24. The van der Waals surface area contributed by atoms with E-state index in [4.69, 9.17) is 11.6 Å². The van der Waals surface area contributed by atoms with Crippen LogP contribution in [0.1, 0.15) is 53.4 Å². The van der Waals surface area contributed by atoms with Gasteiger partial charge in [-0.05, 0) is 67.1 Å². The molecule has 0 bridgehead atoms. The van der Waals surface area contributed by atoms with Crippen LogP contribution in [0.15, 0.2) is 71.6 Å². The van der Waals surface area contributed by atoms with Crippen LogP contribution in [0.5, 0.6) is 0 Å². The lowest BCUT2D eigenvalue weighted by molar-refractivity contribution is 0.0931. The first kappa shape index (κ1) is 24.8. The Labute approximate surface area is 201 Å². The fourth-order valence-electron chi connectivity index (χ4n) is 3.59. The van der Waals surface area contributed by atoms with Crippen LogP contribution in [0.2, 0.25) is 5.02 Å². The van der Waals surface area contributed by atoms with E-state index in [0.29, 0.717) is 11.6 Å². The molecule has 0 radical (unpaired) electrons. The number of carbonyl (C=O) groups excluding carboxylic acids is 1. The van der Waals surface area contributed by atoms with Crippen molar-refractivity contribution in [2.45, 2.75) is 45.1 Å². The predicted molar refractivity (Wildman–Crippen MR) is 134 cm³/mol. The quantitative estimate of drug-likeness (QED) is 0.395. The minimum atomic E-state index is -4.00. The van der Waals surface area contributed by atoms with Crippen LogP contribution >= 0.6 is 11.6 Å². The third-order valence-electron chi connectivity index (χ3n) is 5.55. The second kappa shape index (κ2) is 10.4. The summed E-state index contributed by atoms with van der Waals surface area (Å²) in [6.07, 6.45) is 0.753. The highest BCUT2D eigenvalue weighted by atomic mass is 35.5. The molecule has 0 spiro atoms. The van der Waals surface area contributed by atoms with Gasteiger partial charge in [0.25, 0.3) is 15.9 Å². The number of anilines is 1. The van der Waals surface area contributed by atoms with Gasteiger partial charge >= 0.3 is 0 Å². The monoisotopic (exact) mass is 484 g/mol. The standard InChI is InChI=1S/C26H29ClN2O3S/c1-17(2)15-24(20-10-6-5-7-11-20)28-26(30)21-13-14-22(27)25(16-21)33(31,32)29-23-12-8-9-18(3)19(23)4/h5-14,16-17,24,29H,15H2,1-4H3,(H,28,30). The van der Waals surface area contributed by atoms with Crippen molar-refractivity contribution in [3.8, 4) is 0 Å². The number of aryl methyl sites for hydroxylation is 1. The molecule has 3 aromatic carbocycles. The maximum absolute atomic E-state index is 13.1. The van der Waals surface area contributed by atoms with Gasteiger partial charge in [-0.25, -0.2) is 8.42 Å². The fourth-order valence-corrected chi connectivity index (χ4v) is 5.24. The summed E-state index contributed by atoms with van der Waals surface area (Å²) in [4.78, 5) is 12.9. The highest BCUT2D eigenvalue weighted by Crippen LogP contribution is 2.28. The summed E-state index contributed by atoms with van der Waals surface area (Å²) in [5, 5.41) is 3.10. The maximum Gasteiger partial charge on any atom is 0.263 e. The summed E-state index contributed by atoms with van der Waals surface area (Å²) in [5.74, 6) is 0.00258. The van der Waals surface area contributed by atoms with Gasteiger partial charge in [-0.2, -0.15) is 0 Å². The van der Waals surface area contributed by atoms with Crippen molar-refractivity contribution < 1.29 is 13.2 Å². The van der Waals surface area contributed by atoms with Crippen LogP contribution in [0, 0.1) is 19.8 Å². The average Bonchev–Trinajstić information content (AvgIpc) is 2.76. The molecule has 1 unspecified atom stereocenters. The number of rotatable bonds is 8. The van der Waals surface area contributed by atoms with Crippen LogP contribution in [-0.2, 0) is 10.0 Å². The highest BCUT2D eigenvalue weighted by Gasteiger charge is 2.23. The Morgan fingerprint density at radius 2 is 1.67 bits per heavy atom. The van der Waals surface area contributed by atoms with E-state index >= 15 is 0 Å². The number of halogens is 1. The van der Waals surface area contributed by atoms with Crippen molar-refractivity contribution in [2.24, 2.45) is 5.92 Å². The molecule has 3 rings (SSSR count). The zero-order valence-electron chi connectivity index (χ0n) is 19.2. The molecule has 0 aliphatic carbocycles. The third-order valence-corrected chi connectivity index (χ3v) is 7.39. The summed E-state index contributed by atoms with van der Waals surface area (Å²) in [7, 11) is -4.00. The van der Waals surface area contributed by atoms with Gasteiger partial charge in [-0.15, -0.1) is 0 Å². The Hall–Kier alpha value is -2.83. The molecule has 2 N–H and O–H groups in total. The second-order valence-electron chi connectivity index (χ2n) is 8.56. The van der Waals surface area contributed by atoms with E-state index in [-0.39, 0.29) is 27.4 Å². The molecule has 0 aliphatic rings. The van der Waals surface area contributed by atoms with Crippen LogP contribution in [0.25, 0.3) is 0 Å². The topological polar surface area (TPSA) is 75.3 Å². The Kier molecular flexibility index (Phi) is 7.82. The summed E-state index contributed by atoms with van der Waals surface area (Å²) in [5.41, 5.74) is 3.49. The zero-order valence-corrected chi connectivity index (χ0v) is 20.8. The normalized spacial score (nSPS) is 12.4. The molecule has 0 aliphatic heterocycles. The zero-order chi connectivity index (χ0) is 24.2. The third kappa shape index (κ3) is 6.15. The van der Waals surface area contributed by atoms with E-state index in [1.165, 1.54) is 18.2 Å². The van der Waals surface area contributed by atoms with Gasteiger partial charge in [0, 0.05) is 5.56 Å². The van der Waals surface area contributed by atoms with Crippen molar-refractivity contribution in [2.75, 3.05) is 4.72 Å².